The van der Waals surface area contributed by atoms with Gasteiger partial charge in [0.25, 0.3) is 0 Å². The summed E-state index contributed by atoms with van der Waals surface area (Å²) in [6, 6.07) is 0.819. The molecule has 0 aliphatic carbocycles. The average Bonchev–Trinajstić information content (AvgIpc) is 2.36. The van der Waals surface area contributed by atoms with E-state index >= 15 is 0 Å². The molecule has 0 saturated carbocycles. The maximum absolute atomic E-state index is 4.31. The molecule has 52 valence electrons. The van der Waals surface area contributed by atoms with E-state index in [2.05, 4.69) is 29.4 Å². The SMILES string of the molecule is CC1NC=CC2=CC=NC21. The second-order valence-electron chi connectivity index (χ2n) is 2.70. The summed E-state index contributed by atoms with van der Waals surface area (Å²) >= 11 is 0. The third-order valence-electron chi connectivity index (χ3n) is 1.96. The summed E-state index contributed by atoms with van der Waals surface area (Å²) in [7, 11) is 0. The standard InChI is InChI=1S/C8H10N2/c1-6-8-7(2-4-9-6)3-5-10-8/h2-6,8-9H,1H3. The van der Waals surface area contributed by atoms with E-state index in [4.69, 9.17) is 0 Å². The fourth-order valence-electron chi connectivity index (χ4n) is 1.37. The lowest BCUT2D eigenvalue weighted by atomic mass is 10.0. The number of hydrogen-bond acceptors (Lipinski definition) is 2. The number of allylic oxidation sites excluding steroid dienone is 1. The molecule has 2 unspecified atom stereocenters. The molecule has 2 aliphatic heterocycles. The number of hydrogen-bond donors (Lipinski definition) is 1. The van der Waals surface area contributed by atoms with Gasteiger partial charge in [-0.3, -0.25) is 4.99 Å². The van der Waals surface area contributed by atoms with E-state index < -0.39 is 0 Å². The smallest absolute Gasteiger partial charge is 0.0948 e. The minimum absolute atomic E-state index is 0.366. The van der Waals surface area contributed by atoms with E-state index in [1.54, 1.807) is 0 Å². The summed E-state index contributed by atoms with van der Waals surface area (Å²) in [5, 5.41) is 3.22. The van der Waals surface area contributed by atoms with Crippen LogP contribution in [0.25, 0.3) is 0 Å². The second kappa shape index (κ2) is 1.97. The molecule has 2 atom stereocenters. The Labute approximate surface area is 60.3 Å². The summed E-state index contributed by atoms with van der Waals surface area (Å²) in [5.41, 5.74) is 1.33. The Kier molecular flexibility index (Phi) is 1.13. The molecule has 0 fully saturated rings. The minimum Gasteiger partial charge on any atom is -0.386 e. The van der Waals surface area contributed by atoms with E-state index in [1.807, 2.05) is 12.4 Å². The lowest BCUT2D eigenvalue weighted by Crippen LogP contribution is -2.35. The van der Waals surface area contributed by atoms with Gasteiger partial charge in [-0.2, -0.15) is 0 Å². The molecule has 0 aromatic heterocycles. The Balaban J connectivity index is 2.32. The number of fused-ring (bicyclic) bond motifs is 1. The molecule has 0 amide bonds. The minimum atomic E-state index is 0.366. The summed E-state index contributed by atoms with van der Waals surface area (Å²) in [6.07, 6.45) is 8.02. The summed E-state index contributed by atoms with van der Waals surface area (Å²) < 4.78 is 0. The summed E-state index contributed by atoms with van der Waals surface area (Å²) in [5.74, 6) is 0. The van der Waals surface area contributed by atoms with Crippen LogP contribution in [-0.2, 0) is 0 Å². The van der Waals surface area contributed by atoms with E-state index in [0.29, 0.717) is 12.1 Å². The highest BCUT2D eigenvalue weighted by Gasteiger charge is 2.22. The van der Waals surface area contributed by atoms with E-state index in [-0.39, 0.29) is 0 Å². The van der Waals surface area contributed by atoms with Gasteiger partial charge < -0.3 is 5.32 Å². The summed E-state index contributed by atoms with van der Waals surface area (Å²) in [4.78, 5) is 4.31. The Bertz CT molecular complexity index is 225. The van der Waals surface area contributed by atoms with Gasteiger partial charge in [0.15, 0.2) is 0 Å². The van der Waals surface area contributed by atoms with Gasteiger partial charge in [-0.05, 0) is 30.8 Å². The molecule has 2 aliphatic rings. The highest BCUT2D eigenvalue weighted by atomic mass is 15.0. The van der Waals surface area contributed by atoms with Crippen molar-refractivity contribution in [2.24, 2.45) is 4.99 Å². The van der Waals surface area contributed by atoms with Crippen LogP contribution in [0.4, 0.5) is 0 Å². The van der Waals surface area contributed by atoms with E-state index in [9.17, 15) is 0 Å². The summed E-state index contributed by atoms with van der Waals surface area (Å²) in [6.45, 7) is 2.14. The maximum Gasteiger partial charge on any atom is 0.0948 e. The van der Waals surface area contributed by atoms with Crippen LogP contribution in [0, 0.1) is 0 Å². The van der Waals surface area contributed by atoms with Crippen molar-refractivity contribution in [3.8, 4) is 0 Å². The molecule has 0 aromatic carbocycles. The van der Waals surface area contributed by atoms with Crippen LogP contribution in [0.1, 0.15) is 6.92 Å². The van der Waals surface area contributed by atoms with Crippen LogP contribution in [-0.4, -0.2) is 18.3 Å². The normalized spacial score (nSPS) is 35.1. The Hall–Kier alpha value is -1.05. The first-order valence-corrected chi connectivity index (χ1v) is 3.54. The van der Waals surface area contributed by atoms with Gasteiger partial charge >= 0.3 is 0 Å². The van der Waals surface area contributed by atoms with E-state index in [0.717, 1.165) is 0 Å². The quantitative estimate of drug-likeness (QED) is 0.522. The zero-order valence-electron chi connectivity index (χ0n) is 5.91. The Morgan fingerprint density at radius 1 is 1.60 bits per heavy atom. The van der Waals surface area contributed by atoms with Crippen LogP contribution >= 0.6 is 0 Å². The largest absolute Gasteiger partial charge is 0.386 e. The van der Waals surface area contributed by atoms with Gasteiger partial charge in [-0.15, -0.1) is 0 Å². The molecule has 2 heterocycles. The van der Waals surface area contributed by atoms with Crippen LogP contribution < -0.4 is 5.32 Å². The first-order valence-electron chi connectivity index (χ1n) is 3.54. The van der Waals surface area contributed by atoms with Crippen molar-refractivity contribution in [2.45, 2.75) is 19.0 Å². The molecule has 10 heavy (non-hydrogen) atoms. The third-order valence-corrected chi connectivity index (χ3v) is 1.96. The zero-order chi connectivity index (χ0) is 6.97. The maximum atomic E-state index is 4.31. The Morgan fingerprint density at radius 3 is 3.30 bits per heavy atom. The van der Waals surface area contributed by atoms with Gasteiger partial charge in [0.05, 0.1) is 6.04 Å². The van der Waals surface area contributed by atoms with Crippen molar-refractivity contribution in [1.82, 2.24) is 5.32 Å². The number of aliphatic imine (C=N–C) groups is 1. The molecular formula is C8H10N2. The van der Waals surface area contributed by atoms with Crippen LogP contribution in [0.2, 0.25) is 0 Å². The van der Waals surface area contributed by atoms with Crippen molar-refractivity contribution >= 4 is 6.21 Å². The lowest BCUT2D eigenvalue weighted by molar-refractivity contribution is 0.554. The topological polar surface area (TPSA) is 24.4 Å². The monoisotopic (exact) mass is 134 g/mol. The molecule has 0 saturated heterocycles. The third kappa shape index (κ3) is 0.685. The van der Waals surface area contributed by atoms with Crippen molar-refractivity contribution in [2.75, 3.05) is 0 Å². The van der Waals surface area contributed by atoms with Gasteiger partial charge in [-0.25, -0.2) is 0 Å². The Morgan fingerprint density at radius 2 is 2.50 bits per heavy atom. The van der Waals surface area contributed by atoms with Gasteiger partial charge in [0.2, 0.25) is 0 Å². The molecule has 0 spiro atoms. The first-order chi connectivity index (χ1) is 4.88. The van der Waals surface area contributed by atoms with Gasteiger partial charge in [-0.1, -0.05) is 0 Å². The van der Waals surface area contributed by atoms with Crippen molar-refractivity contribution < 1.29 is 0 Å². The van der Waals surface area contributed by atoms with Crippen LogP contribution in [0.5, 0.6) is 0 Å². The highest BCUT2D eigenvalue weighted by Crippen LogP contribution is 2.19. The van der Waals surface area contributed by atoms with Crippen molar-refractivity contribution in [1.29, 1.82) is 0 Å². The predicted molar refractivity (Wildman–Crippen MR) is 42.1 cm³/mol. The fourth-order valence-corrected chi connectivity index (χ4v) is 1.37. The number of rotatable bonds is 0. The van der Waals surface area contributed by atoms with Gasteiger partial charge in [0.1, 0.15) is 0 Å². The molecule has 2 rings (SSSR count). The molecule has 0 bridgehead atoms. The van der Waals surface area contributed by atoms with Gasteiger partial charge in [0, 0.05) is 12.3 Å². The van der Waals surface area contributed by atoms with Crippen molar-refractivity contribution in [3.05, 3.63) is 23.9 Å². The molecule has 1 N–H and O–H groups in total. The number of nitrogens with zero attached hydrogens (tertiary/aromatic N) is 1. The molecule has 2 heteroatoms. The molecule has 2 nitrogen and oxygen atoms in total. The average molecular weight is 134 g/mol. The zero-order valence-corrected chi connectivity index (χ0v) is 5.91. The fraction of sp³-hybridized carbons (Fsp3) is 0.375. The molecular weight excluding hydrogens is 124 g/mol. The first kappa shape index (κ1) is 5.71. The van der Waals surface area contributed by atoms with Crippen LogP contribution in [0.3, 0.4) is 0 Å². The predicted octanol–water partition coefficient (Wildman–Crippen LogP) is 0.871. The van der Waals surface area contributed by atoms with Crippen molar-refractivity contribution in [3.63, 3.8) is 0 Å². The molecule has 0 radical (unpaired) electrons. The highest BCUT2D eigenvalue weighted by molar-refractivity contribution is 5.77. The molecule has 0 aromatic rings. The van der Waals surface area contributed by atoms with E-state index in [1.165, 1.54) is 5.57 Å². The lowest BCUT2D eigenvalue weighted by Gasteiger charge is -2.22. The number of nitrogens with one attached hydrogen (secondary N) is 1. The second-order valence-corrected chi connectivity index (χ2v) is 2.70. The van der Waals surface area contributed by atoms with Crippen LogP contribution in [0.15, 0.2) is 28.9 Å².